The first-order valence-electron chi connectivity index (χ1n) is 7.96. The van der Waals surface area contributed by atoms with Crippen molar-refractivity contribution < 1.29 is 27.9 Å². The number of esters is 1. The van der Waals surface area contributed by atoms with E-state index in [1.54, 1.807) is 31.2 Å². The van der Waals surface area contributed by atoms with Crippen LogP contribution in [0.3, 0.4) is 0 Å². The SMILES string of the molecule is COC(=O)[C@H](CO)NC(=O)c1ccc(S(=O)(=O)Nc2ccccc2C)cc1. The van der Waals surface area contributed by atoms with Gasteiger partial charge in [0.25, 0.3) is 15.9 Å². The number of aryl methyl sites for hydroxylation is 1. The molecule has 27 heavy (non-hydrogen) atoms. The Bertz CT molecular complexity index is 925. The Kier molecular flexibility index (Phi) is 6.54. The monoisotopic (exact) mass is 392 g/mol. The van der Waals surface area contributed by atoms with Crippen molar-refractivity contribution >= 4 is 27.6 Å². The fourth-order valence-corrected chi connectivity index (χ4v) is 3.37. The number of aliphatic hydroxyl groups is 1. The van der Waals surface area contributed by atoms with Crippen LogP contribution in [0.5, 0.6) is 0 Å². The maximum atomic E-state index is 12.5. The molecule has 0 saturated heterocycles. The van der Waals surface area contributed by atoms with Crippen LogP contribution in [0.2, 0.25) is 0 Å². The van der Waals surface area contributed by atoms with E-state index in [2.05, 4.69) is 14.8 Å². The Balaban J connectivity index is 2.15. The van der Waals surface area contributed by atoms with E-state index in [0.717, 1.165) is 12.7 Å². The number of carbonyl (C=O) groups is 2. The lowest BCUT2D eigenvalue weighted by Gasteiger charge is -2.14. The normalized spacial score (nSPS) is 12.1. The third-order valence-corrected chi connectivity index (χ3v) is 5.17. The number of aliphatic hydroxyl groups excluding tert-OH is 1. The molecule has 2 aromatic carbocycles. The lowest BCUT2D eigenvalue weighted by Crippen LogP contribution is -2.44. The van der Waals surface area contributed by atoms with Gasteiger partial charge in [0.05, 0.1) is 24.3 Å². The number of benzene rings is 2. The summed E-state index contributed by atoms with van der Waals surface area (Å²) in [5, 5.41) is 11.4. The van der Waals surface area contributed by atoms with E-state index in [0.29, 0.717) is 5.69 Å². The molecule has 0 spiro atoms. The van der Waals surface area contributed by atoms with Crippen LogP contribution in [0.25, 0.3) is 0 Å². The highest BCUT2D eigenvalue weighted by atomic mass is 32.2. The Morgan fingerprint density at radius 2 is 1.74 bits per heavy atom. The van der Waals surface area contributed by atoms with Crippen molar-refractivity contribution in [1.29, 1.82) is 0 Å². The summed E-state index contributed by atoms with van der Waals surface area (Å²) in [5.41, 5.74) is 1.37. The zero-order chi connectivity index (χ0) is 20.0. The molecule has 0 aliphatic rings. The predicted octanol–water partition coefficient (Wildman–Crippen LogP) is 1.06. The van der Waals surface area contributed by atoms with Gasteiger partial charge in [0.1, 0.15) is 0 Å². The van der Waals surface area contributed by atoms with E-state index < -0.39 is 34.5 Å². The second-order valence-corrected chi connectivity index (χ2v) is 7.36. The van der Waals surface area contributed by atoms with Crippen molar-refractivity contribution in [2.45, 2.75) is 17.9 Å². The van der Waals surface area contributed by atoms with Crippen molar-refractivity contribution in [3.8, 4) is 0 Å². The first-order valence-corrected chi connectivity index (χ1v) is 9.45. The molecular weight excluding hydrogens is 372 g/mol. The predicted molar refractivity (Wildman–Crippen MR) is 98.8 cm³/mol. The fourth-order valence-electron chi connectivity index (χ4n) is 2.24. The minimum absolute atomic E-state index is 0.0195. The van der Waals surface area contributed by atoms with Crippen LogP contribution >= 0.6 is 0 Å². The number of sulfonamides is 1. The molecule has 0 aliphatic heterocycles. The Morgan fingerprint density at radius 3 is 2.30 bits per heavy atom. The van der Waals surface area contributed by atoms with Gasteiger partial charge in [-0.3, -0.25) is 9.52 Å². The number of anilines is 1. The number of ether oxygens (including phenoxy) is 1. The lowest BCUT2D eigenvalue weighted by atomic mass is 10.2. The molecule has 2 aromatic rings. The fraction of sp³-hybridized carbons (Fsp3) is 0.222. The molecule has 1 atom stereocenters. The maximum absolute atomic E-state index is 12.5. The van der Waals surface area contributed by atoms with Gasteiger partial charge in [-0.25, -0.2) is 13.2 Å². The topological polar surface area (TPSA) is 122 Å². The minimum Gasteiger partial charge on any atom is -0.467 e. The van der Waals surface area contributed by atoms with Gasteiger partial charge in [-0.15, -0.1) is 0 Å². The van der Waals surface area contributed by atoms with Crippen molar-refractivity contribution in [2.75, 3.05) is 18.4 Å². The largest absolute Gasteiger partial charge is 0.467 e. The third-order valence-electron chi connectivity index (χ3n) is 3.79. The van der Waals surface area contributed by atoms with Gasteiger partial charge in [-0.1, -0.05) is 18.2 Å². The third kappa shape index (κ3) is 5.05. The van der Waals surface area contributed by atoms with E-state index in [1.807, 2.05) is 0 Å². The molecule has 2 rings (SSSR count). The number of methoxy groups -OCH3 is 1. The number of hydrogen-bond donors (Lipinski definition) is 3. The van der Waals surface area contributed by atoms with Crippen LogP contribution in [0.1, 0.15) is 15.9 Å². The molecule has 9 heteroatoms. The van der Waals surface area contributed by atoms with Gasteiger partial charge in [0.2, 0.25) is 0 Å². The summed E-state index contributed by atoms with van der Waals surface area (Å²) in [6.45, 7) is 1.16. The van der Waals surface area contributed by atoms with E-state index in [9.17, 15) is 18.0 Å². The molecule has 0 fully saturated rings. The summed E-state index contributed by atoms with van der Waals surface area (Å²) in [6.07, 6.45) is 0. The van der Waals surface area contributed by atoms with E-state index in [-0.39, 0.29) is 10.5 Å². The molecule has 0 aliphatic carbocycles. The molecule has 0 bridgehead atoms. The van der Waals surface area contributed by atoms with Crippen molar-refractivity contribution in [2.24, 2.45) is 0 Å². The van der Waals surface area contributed by atoms with Gasteiger partial charge in [-0.2, -0.15) is 0 Å². The van der Waals surface area contributed by atoms with Crippen LogP contribution in [0, 0.1) is 6.92 Å². The first-order chi connectivity index (χ1) is 12.8. The van der Waals surface area contributed by atoms with Crippen molar-refractivity contribution in [3.05, 3.63) is 59.7 Å². The van der Waals surface area contributed by atoms with Crippen LogP contribution < -0.4 is 10.0 Å². The molecule has 0 saturated carbocycles. The van der Waals surface area contributed by atoms with Crippen LogP contribution in [0.15, 0.2) is 53.4 Å². The summed E-state index contributed by atoms with van der Waals surface area (Å²) >= 11 is 0. The number of amides is 1. The zero-order valence-electron chi connectivity index (χ0n) is 14.8. The summed E-state index contributed by atoms with van der Waals surface area (Å²) in [4.78, 5) is 23.5. The van der Waals surface area contributed by atoms with Gasteiger partial charge < -0.3 is 15.2 Å². The molecule has 0 aromatic heterocycles. The molecule has 0 radical (unpaired) electrons. The van der Waals surface area contributed by atoms with Crippen LogP contribution in [-0.4, -0.2) is 45.2 Å². The van der Waals surface area contributed by atoms with Crippen LogP contribution in [-0.2, 0) is 19.6 Å². The molecular formula is C18H20N2O6S. The maximum Gasteiger partial charge on any atom is 0.330 e. The quantitative estimate of drug-likeness (QED) is 0.606. The smallest absolute Gasteiger partial charge is 0.330 e. The van der Waals surface area contributed by atoms with E-state index in [1.165, 1.54) is 24.3 Å². The van der Waals surface area contributed by atoms with Gasteiger partial charge in [0, 0.05) is 5.56 Å². The highest BCUT2D eigenvalue weighted by molar-refractivity contribution is 7.92. The summed E-state index contributed by atoms with van der Waals surface area (Å²) in [5.74, 6) is -1.43. The number of carbonyl (C=O) groups excluding carboxylic acids is 2. The summed E-state index contributed by atoms with van der Waals surface area (Å²) in [7, 11) is -2.68. The number of para-hydroxylation sites is 1. The lowest BCUT2D eigenvalue weighted by molar-refractivity contribution is -0.143. The van der Waals surface area contributed by atoms with Gasteiger partial charge in [0.15, 0.2) is 6.04 Å². The highest BCUT2D eigenvalue weighted by Gasteiger charge is 2.22. The highest BCUT2D eigenvalue weighted by Crippen LogP contribution is 2.19. The zero-order valence-corrected chi connectivity index (χ0v) is 15.6. The second-order valence-electron chi connectivity index (χ2n) is 5.68. The molecule has 1 amide bonds. The summed E-state index contributed by atoms with van der Waals surface area (Å²) in [6, 6.07) is 10.9. The molecule has 8 nitrogen and oxygen atoms in total. The number of rotatable bonds is 7. The molecule has 0 unspecified atom stereocenters. The molecule has 3 N–H and O–H groups in total. The van der Waals surface area contributed by atoms with Gasteiger partial charge in [-0.05, 0) is 42.8 Å². The average molecular weight is 392 g/mol. The van der Waals surface area contributed by atoms with Crippen molar-refractivity contribution in [3.63, 3.8) is 0 Å². The average Bonchev–Trinajstić information content (AvgIpc) is 2.67. The standard InChI is InChI=1S/C18H20N2O6S/c1-12-5-3-4-6-15(12)20-27(24,25)14-9-7-13(8-10-14)17(22)19-16(11-21)18(23)26-2/h3-10,16,20-21H,11H2,1-2H3,(H,19,22)/t16-/m0/s1. The Hall–Kier alpha value is -2.91. The van der Waals surface area contributed by atoms with E-state index >= 15 is 0 Å². The van der Waals surface area contributed by atoms with Crippen molar-refractivity contribution in [1.82, 2.24) is 5.32 Å². The molecule has 0 heterocycles. The number of nitrogens with one attached hydrogen (secondary N) is 2. The number of hydrogen-bond acceptors (Lipinski definition) is 6. The van der Waals surface area contributed by atoms with Gasteiger partial charge >= 0.3 is 5.97 Å². The van der Waals surface area contributed by atoms with Crippen LogP contribution in [0.4, 0.5) is 5.69 Å². The van der Waals surface area contributed by atoms with E-state index in [4.69, 9.17) is 5.11 Å². The second kappa shape index (κ2) is 8.65. The first kappa shape index (κ1) is 20.4. The minimum atomic E-state index is -3.82. The Morgan fingerprint density at radius 1 is 1.11 bits per heavy atom. The Labute approximate surface area is 157 Å². The summed E-state index contributed by atoms with van der Waals surface area (Å²) < 4.78 is 31.9. The molecule has 144 valence electrons.